The maximum Gasteiger partial charge on any atom is 0.230 e. The van der Waals surface area contributed by atoms with E-state index in [4.69, 9.17) is 11.6 Å². The van der Waals surface area contributed by atoms with Gasteiger partial charge in [-0.1, -0.05) is 29.0 Å². The molecule has 8 heteroatoms. The number of likely N-dealkylation sites (tertiary alicyclic amines) is 1. The normalized spacial score (nSPS) is 17.1. The maximum absolute atomic E-state index is 13.5. The molecule has 1 aromatic carbocycles. The Hall–Kier alpha value is -1.70. The standard InChI is InChI=1S/C15H14ClFN4OS/c16-10-7-9(3-4-11(10)17)12(20-5-1-2-6-20)13-14(22)21-15(23-13)18-8-19-21/h3-4,7-8,12,22H,1-2,5-6H2. The molecule has 120 valence electrons. The zero-order valence-corrected chi connectivity index (χ0v) is 13.7. The molecule has 1 saturated heterocycles. The van der Waals surface area contributed by atoms with Crippen LogP contribution in [0.4, 0.5) is 4.39 Å². The number of aromatic hydroxyl groups is 1. The second-order valence-corrected chi connectivity index (χ2v) is 6.98. The van der Waals surface area contributed by atoms with Gasteiger partial charge in [-0.25, -0.2) is 9.37 Å². The summed E-state index contributed by atoms with van der Waals surface area (Å²) in [6, 6.07) is 4.55. The van der Waals surface area contributed by atoms with E-state index in [1.165, 1.54) is 28.2 Å². The Balaban J connectivity index is 1.86. The average Bonchev–Trinajstić information content (AvgIpc) is 3.25. The molecule has 1 atom stereocenters. The molecule has 2 aromatic heterocycles. The summed E-state index contributed by atoms with van der Waals surface area (Å²) in [7, 11) is 0. The molecule has 0 amide bonds. The highest BCUT2D eigenvalue weighted by atomic mass is 35.5. The zero-order valence-electron chi connectivity index (χ0n) is 12.1. The number of thiazole rings is 1. The highest BCUT2D eigenvalue weighted by Gasteiger charge is 2.31. The topological polar surface area (TPSA) is 53.7 Å². The van der Waals surface area contributed by atoms with Gasteiger partial charge in [-0.05, 0) is 43.6 Å². The number of rotatable bonds is 3. The highest BCUT2D eigenvalue weighted by Crippen LogP contribution is 2.41. The van der Waals surface area contributed by atoms with Crippen LogP contribution < -0.4 is 0 Å². The van der Waals surface area contributed by atoms with E-state index >= 15 is 0 Å². The van der Waals surface area contributed by atoms with Crippen LogP contribution in [0, 0.1) is 5.82 Å². The van der Waals surface area contributed by atoms with Gasteiger partial charge in [0.25, 0.3) is 0 Å². The number of hydrogen-bond acceptors (Lipinski definition) is 5. The van der Waals surface area contributed by atoms with E-state index in [2.05, 4.69) is 15.0 Å². The lowest BCUT2D eigenvalue weighted by atomic mass is 10.0. The molecule has 5 nitrogen and oxygen atoms in total. The Morgan fingerprint density at radius 2 is 2.09 bits per heavy atom. The van der Waals surface area contributed by atoms with Crippen molar-refractivity contribution in [3.63, 3.8) is 0 Å². The third-order valence-corrected chi connectivity index (χ3v) is 5.53. The van der Waals surface area contributed by atoms with Crippen LogP contribution in [0.1, 0.15) is 29.3 Å². The number of aromatic nitrogens is 3. The largest absolute Gasteiger partial charge is 0.492 e. The van der Waals surface area contributed by atoms with Gasteiger partial charge in [-0.3, -0.25) is 4.90 Å². The van der Waals surface area contributed by atoms with E-state index in [1.807, 2.05) is 0 Å². The van der Waals surface area contributed by atoms with Crippen LogP contribution in [-0.2, 0) is 0 Å². The van der Waals surface area contributed by atoms with Gasteiger partial charge in [-0.15, -0.1) is 0 Å². The number of benzene rings is 1. The average molecular weight is 353 g/mol. The summed E-state index contributed by atoms with van der Waals surface area (Å²) in [6.45, 7) is 1.85. The molecule has 3 aromatic rings. The van der Waals surface area contributed by atoms with Crippen LogP contribution in [0.25, 0.3) is 4.96 Å². The molecule has 0 bridgehead atoms. The lowest BCUT2D eigenvalue weighted by Gasteiger charge is -2.27. The lowest BCUT2D eigenvalue weighted by molar-refractivity contribution is 0.277. The SMILES string of the molecule is Oc1c(C(c2ccc(F)c(Cl)c2)N2CCCC2)sc2ncnn12. The molecule has 0 aliphatic carbocycles. The smallest absolute Gasteiger partial charge is 0.230 e. The quantitative estimate of drug-likeness (QED) is 0.784. The van der Waals surface area contributed by atoms with Gasteiger partial charge in [-0.2, -0.15) is 9.61 Å². The maximum atomic E-state index is 13.5. The van der Waals surface area contributed by atoms with Gasteiger partial charge in [0.2, 0.25) is 10.8 Å². The first-order chi connectivity index (χ1) is 11.1. The third-order valence-electron chi connectivity index (χ3n) is 4.15. The second-order valence-electron chi connectivity index (χ2n) is 5.56. The van der Waals surface area contributed by atoms with Gasteiger partial charge in [0.15, 0.2) is 0 Å². The van der Waals surface area contributed by atoms with E-state index in [0.29, 0.717) is 4.96 Å². The van der Waals surface area contributed by atoms with Crippen molar-refractivity contribution in [1.82, 2.24) is 19.5 Å². The molecule has 1 fully saturated rings. The molecule has 23 heavy (non-hydrogen) atoms. The summed E-state index contributed by atoms with van der Waals surface area (Å²) in [5.74, 6) is -0.359. The van der Waals surface area contributed by atoms with Crippen molar-refractivity contribution in [2.45, 2.75) is 18.9 Å². The minimum Gasteiger partial charge on any atom is -0.492 e. The van der Waals surface area contributed by atoms with E-state index in [-0.39, 0.29) is 16.9 Å². The van der Waals surface area contributed by atoms with Crippen molar-refractivity contribution in [3.05, 3.63) is 45.8 Å². The molecule has 1 aliphatic rings. The Kier molecular flexibility index (Phi) is 3.71. The van der Waals surface area contributed by atoms with Crippen LogP contribution in [0.15, 0.2) is 24.5 Å². The van der Waals surface area contributed by atoms with Crippen LogP contribution in [0.5, 0.6) is 5.88 Å². The van der Waals surface area contributed by atoms with Gasteiger partial charge in [0.1, 0.15) is 12.1 Å². The van der Waals surface area contributed by atoms with Crippen molar-refractivity contribution in [2.24, 2.45) is 0 Å². The fraction of sp³-hybridized carbons (Fsp3) is 0.333. The van der Waals surface area contributed by atoms with Crippen molar-refractivity contribution in [3.8, 4) is 5.88 Å². The van der Waals surface area contributed by atoms with Crippen LogP contribution in [0.2, 0.25) is 5.02 Å². The number of hydrogen-bond donors (Lipinski definition) is 1. The molecule has 1 unspecified atom stereocenters. The molecular formula is C15H14ClFN4OS. The van der Waals surface area contributed by atoms with E-state index < -0.39 is 5.82 Å². The molecule has 3 heterocycles. The Bertz CT molecular complexity index is 858. The first-order valence-corrected chi connectivity index (χ1v) is 8.55. The summed E-state index contributed by atoms with van der Waals surface area (Å²) < 4.78 is 14.9. The second kappa shape index (κ2) is 5.74. The fourth-order valence-electron chi connectivity index (χ4n) is 3.08. The fourth-order valence-corrected chi connectivity index (χ4v) is 4.36. The van der Waals surface area contributed by atoms with Crippen molar-refractivity contribution < 1.29 is 9.50 Å². The number of halogens is 2. The van der Waals surface area contributed by atoms with E-state index in [1.54, 1.807) is 12.1 Å². The minimum absolute atomic E-state index is 0.0832. The monoisotopic (exact) mass is 352 g/mol. The van der Waals surface area contributed by atoms with Crippen molar-refractivity contribution in [1.29, 1.82) is 0 Å². The first-order valence-electron chi connectivity index (χ1n) is 7.35. The van der Waals surface area contributed by atoms with Crippen LogP contribution in [-0.4, -0.2) is 37.7 Å². The van der Waals surface area contributed by atoms with E-state index in [0.717, 1.165) is 36.4 Å². The third kappa shape index (κ3) is 2.49. The van der Waals surface area contributed by atoms with Crippen molar-refractivity contribution >= 4 is 27.9 Å². The molecule has 4 rings (SSSR count). The molecule has 0 radical (unpaired) electrons. The summed E-state index contributed by atoms with van der Waals surface area (Å²) >= 11 is 7.36. The number of nitrogens with zero attached hydrogens (tertiary/aromatic N) is 4. The molecule has 0 saturated carbocycles. The molecular weight excluding hydrogens is 339 g/mol. The molecule has 1 aliphatic heterocycles. The van der Waals surface area contributed by atoms with Crippen molar-refractivity contribution in [2.75, 3.05) is 13.1 Å². The predicted octanol–water partition coefficient (Wildman–Crippen LogP) is 3.47. The lowest BCUT2D eigenvalue weighted by Crippen LogP contribution is -2.26. The van der Waals surface area contributed by atoms with Crippen LogP contribution in [0.3, 0.4) is 0 Å². The Labute approximate surface area is 140 Å². The Morgan fingerprint density at radius 3 is 2.78 bits per heavy atom. The van der Waals surface area contributed by atoms with Gasteiger partial charge >= 0.3 is 0 Å². The van der Waals surface area contributed by atoms with Gasteiger partial charge in [0.05, 0.1) is 15.9 Å². The summed E-state index contributed by atoms with van der Waals surface area (Å²) in [5.41, 5.74) is 0.859. The summed E-state index contributed by atoms with van der Waals surface area (Å²) in [5, 5.41) is 14.7. The predicted molar refractivity (Wildman–Crippen MR) is 86.6 cm³/mol. The van der Waals surface area contributed by atoms with Gasteiger partial charge < -0.3 is 5.11 Å². The summed E-state index contributed by atoms with van der Waals surface area (Å²) in [4.78, 5) is 7.80. The van der Waals surface area contributed by atoms with Crippen LogP contribution >= 0.6 is 22.9 Å². The minimum atomic E-state index is -0.442. The zero-order chi connectivity index (χ0) is 16.0. The Morgan fingerprint density at radius 1 is 1.30 bits per heavy atom. The van der Waals surface area contributed by atoms with E-state index in [9.17, 15) is 9.50 Å². The summed E-state index contributed by atoms with van der Waals surface area (Å²) in [6.07, 6.45) is 3.62. The van der Waals surface area contributed by atoms with Gasteiger partial charge in [0, 0.05) is 0 Å². The molecule has 1 N–H and O–H groups in total. The first kappa shape index (κ1) is 14.9. The number of fused-ring (bicyclic) bond motifs is 1. The highest BCUT2D eigenvalue weighted by molar-refractivity contribution is 7.17. The molecule has 0 spiro atoms.